The Labute approximate surface area is 129 Å². The molecule has 0 bridgehead atoms. The normalized spacial score (nSPS) is 26.0. The minimum atomic E-state index is -0.638. The van der Waals surface area contributed by atoms with E-state index in [9.17, 15) is 10.4 Å². The van der Waals surface area contributed by atoms with Gasteiger partial charge in [-0.25, -0.2) is 0 Å². The van der Waals surface area contributed by atoms with Crippen LogP contribution in [0.1, 0.15) is 44.6 Å². The molecular weight excluding hydrogens is 316 g/mol. The molecule has 3 nitrogen and oxygen atoms in total. The van der Waals surface area contributed by atoms with E-state index in [1.54, 1.807) is 0 Å². The van der Waals surface area contributed by atoms with Crippen molar-refractivity contribution >= 4 is 21.6 Å². The molecule has 1 aliphatic carbocycles. The first kappa shape index (κ1) is 15.3. The molecule has 0 atom stereocenters. The molecule has 0 heterocycles. The van der Waals surface area contributed by atoms with Gasteiger partial charge in [0.05, 0.1) is 16.9 Å². The average molecular weight is 337 g/mol. The fourth-order valence-electron chi connectivity index (χ4n) is 2.84. The lowest BCUT2D eigenvalue weighted by atomic mass is 9.78. The Bertz CT molecular complexity index is 502. The van der Waals surface area contributed by atoms with Crippen LogP contribution in [-0.4, -0.2) is 17.3 Å². The highest BCUT2D eigenvalue weighted by molar-refractivity contribution is 9.10. The van der Waals surface area contributed by atoms with Crippen LogP contribution in [0, 0.1) is 17.2 Å². The van der Waals surface area contributed by atoms with Crippen molar-refractivity contribution in [3.8, 4) is 6.07 Å². The predicted octanol–water partition coefficient (Wildman–Crippen LogP) is 4.06. The van der Waals surface area contributed by atoms with E-state index in [-0.39, 0.29) is 0 Å². The number of hydrogen-bond acceptors (Lipinski definition) is 3. The third-order valence-electron chi connectivity index (χ3n) is 4.35. The minimum Gasteiger partial charge on any atom is -0.388 e. The van der Waals surface area contributed by atoms with Crippen LogP contribution in [0.3, 0.4) is 0 Å². The minimum absolute atomic E-state index is 0.508. The second kappa shape index (κ2) is 6.60. The van der Waals surface area contributed by atoms with Gasteiger partial charge < -0.3 is 10.4 Å². The molecule has 4 heteroatoms. The second-order valence-corrected chi connectivity index (χ2v) is 6.56. The largest absolute Gasteiger partial charge is 0.388 e. The van der Waals surface area contributed by atoms with Crippen molar-refractivity contribution in [1.82, 2.24) is 0 Å². The molecule has 0 aliphatic heterocycles. The molecule has 0 saturated heterocycles. The highest BCUT2D eigenvalue weighted by Gasteiger charge is 2.32. The highest BCUT2D eigenvalue weighted by Crippen LogP contribution is 2.34. The number of benzene rings is 1. The van der Waals surface area contributed by atoms with E-state index in [0.717, 1.165) is 41.8 Å². The molecule has 1 saturated carbocycles. The zero-order chi connectivity index (χ0) is 14.6. The molecule has 1 aliphatic rings. The number of halogens is 1. The quantitative estimate of drug-likeness (QED) is 0.871. The summed E-state index contributed by atoms with van der Waals surface area (Å²) in [4.78, 5) is 0. The van der Waals surface area contributed by atoms with Crippen LogP contribution in [-0.2, 0) is 0 Å². The maximum atomic E-state index is 10.6. The summed E-state index contributed by atoms with van der Waals surface area (Å²) in [5, 5.41) is 23.1. The number of anilines is 1. The van der Waals surface area contributed by atoms with Crippen molar-refractivity contribution in [2.45, 2.75) is 44.6 Å². The number of nitrogens with zero attached hydrogens (tertiary/aromatic N) is 1. The fraction of sp³-hybridized carbons (Fsp3) is 0.562. The second-order valence-electron chi connectivity index (χ2n) is 5.70. The number of aliphatic hydroxyl groups is 1. The standard InChI is InChI=1S/C16H21BrN2O/c1-2-12-6-8-16(20,9-7-12)11-19-15-5-3-4-14(17)13(15)10-18/h3-5,12,19-20H,2,6-9,11H2,1H3. The molecule has 0 radical (unpaired) electrons. The number of rotatable bonds is 4. The van der Waals surface area contributed by atoms with Gasteiger partial charge in [0.25, 0.3) is 0 Å². The third-order valence-corrected chi connectivity index (χ3v) is 5.01. The van der Waals surface area contributed by atoms with Gasteiger partial charge in [-0.3, -0.25) is 0 Å². The predicted molar refractivity (Wildman–Crippen MR) is 84.5 cm³/mol. The topological polar surface area (TPSA) is 56.0 Å². The first-order valence-electron chi connectivity index (χ1n) is 7.23. The Morgan fingerprint density at radius 1 is 1.45 bits per heavy atom. The number of nitrogens with one attached hydrogen (secondary N) is 1. The molecule has 1 aromatic rings. The molecule has 2 N–H and O–H groups in total. The van der Waals surface area contributed by atoms with Gasteiger partial charge >= 0.3 is 0 Å². The SMILES string of the molecule is CCC1CCC(O)(CNc2cccc(Br)c2C#N)CC1. The van der Waals surface area contributed by atoms with Gasteiger partial charge in [0.2, 0.25) is 0 Å². The summed E-state index contributed by atoms with van der Waals surface area (Å²) in [7, 11) is 0. The molecule has 108 valence electrons. The maximum absolute atomic E-state index is 10.6. The molecule has 0 aromatic heterocycles. The van der Waals surface area contributed by atoms with E-state index in [1.165, 1.54) is 6.42 Å². The van der Waals surface area contributed by atoms with E-state index >= 15 is 0 Å². The smallest absolute Gasteiger partial charge is 0.103 e. The van der Waals surface area contributed by atoms with Crippen molar-refractivity contribution in [2.75, 3.05) is 11.9 Å². The van der Waals surface area contributed by atoms with E-state index < -0.39 is 5.60 Å². The van der Waals surface area contributed by atoms with Crippen molar-refractivity contribution in [3.05, 3.63) is 28.2 Å². The number of hydrogen-bond donors (Lipinski definition) is 2. The van der Waals surface area contributed by atoms with E-state index in [2.05, 4.69) is 34.2 Å². The Hall–Kier alpha value is -1.05. The molecule has 0 unspecified atom stereocenters. The van der Waals surface area contributed by atoms with Crippen molar-refractivity contribution < 1.29 is 5.11 Å². The van der Waals surface area contributed by atoms with E-state index in [4.69, 9.17) is 0 Å². The molecule has 1 aromatic carbocycles. The van der Waals surface area contributed by atoms with Crippen LogP contribution in [0.15, 0.2) is 22.7 Å². The maximum Gasteiger partial charge on any atom is 0.103 e. The third kappa shape index (κ3) is 3.53. The Morgan fingerprint density at radius 3 is 2.75 bits per heavy atom. The van der Waals surface area contributed by atoms with Gasteiger partial charge in [-0.15, -0.1) is 0 Å². The Kier molecular flexibility index (Phi) is 5.06. The van der Waals surface area contributed by atoms with Crippen molar-refractivity contribution in [1.29, 1.82) is 5.26 Å². The zero-order valence-electron chi connectivity index (χ0n) is 11.8. The van der Waals surface area contributed by atoms with Gasteiger partial charge in [0.15, 0.2) is 0 Å². The van der Waals surface area contributed by atoms with Gasteiger partial charge in [-0.05, 0) is 59.7 Å². The van der Waals surface area contributed by atoms with Crippen LogP contribution in [0.25, 0.3) is 0 Å². The van der Waals surface area contributed by atoms with Crippen LogP contribution in [0.2, 0.25) is 0 Å². The van der Waals surface area contributed by atoms with E-state index in [1.807, 2.05) is 18.2 Å². The molecule has 0 amide bonds. The van der Waals surface area contributed by atoms with Crippen molar-refractivity contribution in [3.63, 3.8) is 0 Å². The lowest BCUT2D eigenvalue weighted by Crippen LogP contribution is -2.40. The summed E-state index contributed by atoms with van der Waals surface area (Å²) >= 11 is 3.38. The first-order valence-corrected chi connectivity index (χ1v) is 8.02. The van der Waals surface area contributed by atoms with Crippen LogP contribution >= 0.6 is 15.9 Å². The fourth-order valence-corrected chi connectivity index (χ4v) is 3.30. The Balaban J connectivity index is 1.99. The summed E-state index contributed by atoms with van der Waals surface area (Å²) < 4.78 is 0.784. The summed E-state index contributed by atoms with van der Waals surface area (Å²) in [6.45, 7) is 2.72. The van der Waals surface area contributed by atoms with Gasteiger partial charge in [-0.2, -0.15) is 5.26 Å². The Morgan fingerprint density at radius 2 is 2.15 bits per heavy atom. The molecule has 20 heavy (non-hydrogen) atoms. The zero-order valence-corrected chi connectivity index (χ0v) is 13.4. The van der Waals surface area contributed by atoms with Crippen molar-refractivity contribution in [2.24, 2.45) is 5.92 Å². The van der Waals surface area contributed by atoms with Crippen LogP contribution in [0.4, 0.5) is 5.69 Å². The lowest BCUT2D eigenvalue weighted by Gasteiger charge is -2.36. The van der Waals surface area contributed by atoms with Gasteiger partial charge in [0.1, 0.15) is 6.07 Å². The lowest BCUT2D eigenvalue weighted by molar-refractivity contribution is 0.00229. The molecular formula is C16H21BrN2O. The summed E-state index contributed by atoms with van der Waals surface area (Å²) in [6, 6.07) is 7.81. The van der Waals surface area contributed by atoms with Crippen LogP contribution < -0.4 is 5.32 Å². The number of nitriles is 1. The first-order chi connectivity index (χ1) is 9.58. The monoisotopic (exact) mass is 336 g/mol. The summed E-state index contributed by atoms with van der Waals surface area (Å²) in [5.41, 5.74) is 0.743. The molecule has 1 fully saturated rings. The average Bonchev–Trinajstić information content (AvgIpc) is 2.46. The van der Waals surface area contributed by atoms with Gasteiger partial charge in [-0.1, -0.05) is 19.4 Å². The van der Waals surface area contributed by atoms with Crippen LogP contribution in [0.5, 0.6) is 0 Å². The van der Waals surface area contributed by atoms with E-state index in [0.29, 0.717) is 12.1 Å². The summed E-state index contributed by atoms with van der Waals surface area (Å²) in [5.74, 6) is 0.760. The van der Waals surface area contributed by atoms with Gasteiger partial charge in [0, 0.05) is 11.0 Å². The highest BCUT2D eigenvalue weighted by atomic mass is 79.9. The molecule has 2 rings (SSSR count). The molecule has 0 spiro atoms. The summed E-state index contributed by atoms with van der Waals surface area (Å²) in [6.07, 6.45) is 5.08.